The fraction of sp³-hybridized carbons (Fsp3) is 0.700. The van der Waals surface area contributed by atoms with Gasteiger partial charge in [-0.2, -0.15) is 13.2 Å². The summed E-state index contributed by atoms with van der Waals surface area (Å²) < 4.78 is 71.4. The summed E-state index contributed by atoms with van der Waals surface area (Å²) in [5.41, 5.74) is 5.42. The third kappa shape index (κ3) is 5.48. The molecule has 0 aromatic heterocycles. The summed E-state index contributed by atoms with van der Waals surface area (Å²) in [7, 11) is -3.66. The molecule has 1 aliphatic rings. The van der Waals surface area contributed by atoms with Crippen LogP contribution in [0.5, 0.6) is 0 Å². The highest BCUT2D eigenvalue weighted by Gasteiger charge is 2.49. The van der Waals surface area contributed by atoms with E-state index in [1.165, 1.54) is 6.07 Å². The number of nitrogens with one attached hydrogen (secondary N) is 1. The van der Waals surface area contributed by atoms with E-state index in [0.717, 1.165) is 6.07 Å². The molecule has 1 aromatic carbocycles. The van der Waals surface area contributed by atoms with Crippen molar-refractivity contribution >= 4 is 24.7 Å². The Hall–Kier alpha value is -1.48. The van der Waals surface area contributed by atoms with Gasteiger partial charge in [-0.05, 0) is 38.8 Å². The Kier molecular flexibility index (Phi) is 8.67. The summed E-state index contributed by atoms with van der Waals surface area (Å²) in [5.74, 6) is 0. The van der Waals surface area contributed by atoms with Gasteiger partial charge in [-0.15, -0.1) is 0 Å². The number of anilines is 3. The molecule has 1 saturated heterocycles. The van der Waals surface area contributed by atoms with E-state index in [1.54, 1.807) is 18.7 Å². The van der Waals surface area contributed by atoms with Crippen molar-refractivity contribution in [2.75, 3.05) is 55.5 Å². The van der Waals surface area contributed by atoms with E-state index >= 15 is 0 Å². The maximum atomic E-state index is 13.8. The zero-order chi connectivity index (χ0) is 23.3. The number of ether oxygens (including phenoxy) is 1. The molecule has 11 heteroatoms. The molecule has 0 aliphatic carbocycles. The second kappa shape index (κ2) is 10.4. The standard InChI is InChI=1S/C20H33F3N3O4P/c1-5-19(6-2,31(27,29-7-3)30-8-4)25-17-14-18(26-9-11-28-12-10-26)15(13-16(17)24)20(21,22)23/h13-14,25H,5-12,24H2,1-4H3. The molecule has 1 fully saturated rings. The molecule has 1 aliphatic heterocycles. The average Bonchev–Trinajstić information content (AvgIpc) is 2.73. The number of halogens is 3. The molecule has 2 rings (SSSR count). The van der Waals surface area contributed by atoms with Gasteiger partial charge in [-0.25, -0.2) is 0 Å². The first kappa shape index (κ1) is 25.8. The summed E-state index contributed by atoms with van der Waals surface area (Å²) in [6, 6.07) is 2.31. The molecule has 178 valence electrons. The highest BCUT2D eigenvalue weighted by atomic mass is 31.2. The molecule has 0 unspecified atom stereocenters. The number of nitrogens with zero attached hydrogens (tertiary/aromatic N) is 1. The van der Waals surface area contributed by atoms with Gasteiger partial charge >= 0.3 is 13.8 Å². The average molecular weight is 467 g/mol. The summed E-state index contributed by atoms with van der Waals surface area (Å²) in [6.45, 7) is 8.74. The lowest BCUT2D eigenvalue weighted by Crippen LogP contribution is -2.39. The Morgan fingerprint density at radius 3 is 2.10 bits per heavy atom. The number of benzene rings is 1. The van der Waals surface area contributed by atoms with Gasteiger partial charge in [0.25, 0.3) is 0 Å². The summed E-state index contributed by atoms with van der Waals surface area (Å²) in [5, 5.41) is 2.02. The van der Waals surface area contributed by atoms with Gasteiger partial charge in [-0.3, -0.25) is 4.57 Å². The van der Waals surface area contributed by atoms with Gasteiger partial charge in [0, 0.05) is 13.1 Å². The second-order valence-corrected chi connectivity index (χ2v) is 9.62. The smallest absolute Gasteiger partial charge is 0.397 e. The molecule has 31 heavy (non-hydrogen) atoms. The van der Waals surface area contributed by atoms with E-state index in [1.807, 2.05) is 13.8 Å². The third-order valence-corrected chi connectivity index (χ3v) is 8.47. The van der Waals surface area contributed by atoms with Crippen LogP contribution in [0.2, 0.25) is 0 Å². The van der Waals surface area contributed by atoms with E-state index in [2.05, 4.69) is 5.32 Å². The van der Waals surface area contributed by atoms with E-state index in [-0.39, 0.29) is 30.3 Å². The largest absolute Gasteiger partial charge is 0.418 e. The Morgan fingerprint density at radius 2 is 1.65 bits per heavy atom. The van der Waals surface area contributed by atoms with Gasteiger partial charge in [0.05, 0.1) is 49.1 Å². The summed E-state index contributed by atoms with van der Waals surface area (Å²) >= 11 is 0. The molecule has 0 amide bonds. The van der Waals surface area contributed by atoms with Crippen molar-refractivity contribution in [1.82, 2.24) is 0 Å². The van der Waals surface area contributed by atoms with Crippen molar-refractivity contribution in [3.8, 4) is 0 Å². The number of alkyl halides is 3. The van der Waals surface area contributed by atoms with Crippen molar-refractivity contribution < 1.29 is 31.5 Å². The van der Waals surface area contributed by atoms with Gasteiger partial charge in [-0.1, -0.05) is 13.8 Å². The molecule has 0 radical (unpaired) electrons. The van der Waals surface area contributed by atoms with E-state index in [4.69, 9.17) is 19.5 Å². The zero-order valence-corrected chi connectivity index (χ0v) is 19.4. The minimum atomic E-state index is -4.57. The summed E-state index contributed by atoms with van der Waals surface area (Å²) in [4.78, 5) is 1.63. The van der Waals surface area contributed by atoms with Crippen molar-refractivity contribution in [2.24, 2.45) is 0 Å². The van der Waals surface area contributed by atoms with Crippen LogP contribution in [-0.4, -0.2) is 44.8 Å². The zero-order valence-electron chi connectivity index (χ0n) is 18.6. The minimum absolute atomic E-state index is 0.0104. The molecule has 7 nitrogen and oxygen atoms in total. The van der Waals surface area contributed by atoms with Crippen LogP contribution in [0.25, 0.3) is 0 Å². The van der Waals surface area contributed by atoms with Crippen molar-refractivity contribution in [3.63, 3.8) is 0 Å². The monoisotopic (exact) mass is 467 g/mol. The van der Waals surface area contributed by atoms with Gasteiger partial charge in [0.15, 0.2) is 0 Å². The normalized spacial score (nSPS) is 15.9. The molecule has 0 bridgehead atoms. The number of morpholine rings is 1. The van der Waals surface area contributed by atoms with Gasteiger partial charge < -0.3 is 29.7 Å². The number of hydrogen-bond acceptors (Lipinski definition) is 7. The van der Waals surface area contributed by atoms with Crippen LogP contribution in [0.3, 0.4) is 0 Å². The van der Waals surface area contributed by atoms with Crippen molar-refractivity contribution in [3.05, 3.63) is 17.7 Å². The van der Waals surface area contributed by atoms with Crippen LogP contribution in [-0.2, 0) is 24.5 Å². The van der Waals surface area contributed by atoms with Crippen LogP contribution in [0, 0.1) is 0 Å². The van der Waals surface area contributed by atoms with Crippen LogP contribution in [0.15, 0.2) is 12.1 Å². The Morgan fingerprint density at radius 1 is 1.10 bits per heavy atom. The van der Waals surface area contributed by atoms with Crippen molar-refractivity contribution in [1.29, 1.82) is 0 Å². The summed E-state index contributed by atoms with van der Waals surface area (Å²) in [6.07, 6.45) is -3.86. The predicted octanol–water partition coefficient (Wildman–Crippen LogP) is 5.32. The van der Waals surface area contributed by atoms with Crippen LogP contribution in [0.1, 0.15) is 46.1 Å². The highest BCUT2D eigenvalue weighted by Crippen LogP contribution is 2.63. The molecular weight excluding hydrogens is 434 g/mol. The number of rotatable bonds is 10. The Labute approximate surface area is 181 Å². The number of hydrogen-bond donors (Lipinski definition) is 2. The molecule has 1 heterocycles. The molecule has 0 spiro atoms. The first-order valence-electron chi connectivity index (χ1n) is 10.6. The predicted molar refractivity (Wildman–Crippen MR) is 117 cm³/mol. The molecule has 3 N–H and O–H groups in total. The highest BCUT2D eigenvalue weighted by molar-refractivity contribution is 7.55. The SMILES string of the molecule is CCOP(=O)(OCC)C(CC)(CC)Nc1cc(N2CCOCC2)c(C(F)(F)F)cc1N. The Bertz CT molecular complexity index is 772. The first-order valence-corrected chi connectivity index (χ1v) is 12.1. The fourth-order valence-corrected chi connectivity index (χ4v) is 6.04. The van der Waals surface area contributed by atoms with E-state index in [9.17, 15) is 17.7 Å². The van der Waals surface area contributed by atoms with Crippen LogP contribution in [0.4, 0.5) is 30.2 Å². The van der Waals surface area contributed by atoms with E-state index in [0.29, 0.717) is 39.1 Å². The van der Waals surface area contributed by atoms with Gasteiger partial charge in [0.1, 0.15) is 5.28 Å². The lowest BCUT2D eigenvalue weighted by molar-refractivity contribution is -0.137. The fourth-order valence-electron chi connectivity index (χ4n) is 3.76. The topological polar surface area (TPSA) is 86.0 Å². The molecule has 1 aromatic rings. The lowest BCUT2D eigenvalue weighted by Gasteiger charge is -2.40. The van der Waals surface area contributed by atoms with Crippen molar-refractivity contribution in [2.45, 2.75) is 52.0 Å². The van der Waals surface area contributed by atoms with Crippen LogP contribution >= 0.6 is 7.60 Å². The quantitative estimate of drug-likeness (QED) is 0.356. The maximum Gasteiger partial charge on any atom is 0.418 e. The Balaban J connectivity index is 2.58. The second-order valence-electron chi connectivity index (χ2n) is 7.25. The molecule has 0 saturated carbocycles. The lowest BCUT2D eigenvalue weighted by atomic mass is 10.1. The number of nitrogen functional groups attached to an aromatic ring is 1. The maximum absolute atomic E-state index is 13.8. The first-order chi connectivity index (χ1) is 14.6. The number of nitrogens with two attached hydrogens (primary N) is 1. The third-order valence-electron chi connectivity index (χ3n) is 5.48. The minimum Gasteiger partial charge on any atom is -0.397 e. The van der Waals surface area contributed by atoms with Gasteiger partial charge in [0.2, 0.25) is 0 Å². The van der Waals surface area contributed by atoms with E-state index < -0.39 is 24.6 Å². The molecule has 0 atom stereocenters. The van der Waals surface area contributed by atoms with Crippen LogP contribution < -0.4 is 16.0 Å². The molecular formula is C20H33F3N3O4P.